The van der Waals surface area contributed by atoms with E-state index in [1.54, 1.807) is 28.2 Å². The van der Waals surface area contributed by atoms with Gasteiger partial charge in [0.15, 0.2) is 11.0 Å². The molecule has 1 heterocycles. The Hall–Kier alpha value is -5.23. The van der Waals surface area contributed by atoms with Gasteiger partial charge >= 0.3 is 5.91 Å². The maximum absolute atomic E-state index is 14.9. The summed E-state index contributed by atoms with van der Waals surface area (Å²) in [4.78, 5) is 23.1. The van der Waals surface area contributed by atoms with Gasteiger partial charge in [0.1, 0.15) is 11.9 Å². The maximum Gasteiger partial charge on any atom is 0.316 e. The van der Waals surface area contributed by atoms with Gasteiger partial charge in [-0.3, -0.25) is 8.77 Å². The Bertz CT molecular complexity index is 2240. The van der Waals surface area contributed by atoms with Crippen molar-refractivity contribution in [1.82, 2.24) is 3.97 Å². The number of fused-ring (bicyclic) bond motifs is 1. The second-order valence-corrected chi connectivity index (χ2v) is 12.3. The number of aromatic nitrogens is 1. The zero-order chi connectivity index (χ0) is 31.8. The number of aryl methyl sites for hydroxylation is 2. The molecule has 0 radical (unpaired) electrons. The van der Waals surface area contributed by atoms with Gasteiger partial charge in [0.25, 0.3) is 0 Å². The lowest BCUT2D eigenvalue weighted by Crippen LogP contribution is -2.07. The first-order valence-electron chi connectivity index (χ1n) is 13.8. The number of carbonyl (C=O) groups is 1. The first-order chi connectivity index (χ1) is 21.7. The molecule has 9 heteroatoms. The van der Waals surface area contributed by atoms with E-state index in [1.165, 1.54) is 24.3 Å². The van der Waals surface area contributed by atoms with E-state index in [0.717, 1.165) is 11.1 Å². The van der Waals surface area contributed by atoms with Crippen LogP contribution in [0.5, 0.6) is 0 Å². The van der Waals surface area contributed by atoms with Gasteiger partial charge in [-0.25, -0.2) is 8.60 Å². The molecule has 0 aliphatic carbocycles. The summed E-state index contributed by atoms with van der Waals surface area (Å²) >= 11 is 6.58. The molecule has 0 saturated carbocycles. The number of hydrogen-bond donors (Lipinski definition) is 0. The smallest absolute Gasteiger partial charge is 0.263 e. The molecule has 6 nitrogen and oxygen atoms in total. The van der Waals surface area contributed by atoms with E-state index in [2.05, 4.69) is 11.2 Å². The summed E-state index contributed by atoms with van der Waals surface area (Å²) in [5.41, 5.74) is 6.33. The first kappa shape index (κ1) is 29.8. The summed E-state index contributed by atoms with van der Waals surface area (Å²) in [5.74, 6) is -1.40. The lowest BCUT2D eigenvalue weighted by molar-refractivity contribution is 0.100. The molecule has 0 N–H and O–H groups in total. The summed E-state index contributed by atoms with van der Waals surface area (Å²) in [6, 6.07) is 31.3. The molecule has 45 heavy (non-hydrogen) atoms. The molecular weight excluding hydrogens is 609 g/mol. The molecule has 0 aliphatic heterocycles. The maximum atomic E-state index is 14.9. The number of amides is 1. The van der Waals surface area contributed by atoms with E-state index in [1.807, 2.05) is 68.4 Å². The molecule has 1 amide bonds. The molecule has 6 rings (SSSR count). The summed E-state index contributed by atoms with van der Waals surface area (Å²) in [6.45, 7) is 3.78. The quantitative estimate of drug-likeness (QED) is 0.171. The van der Waals surface area contributed by atoms with Gasteiger partial charge in [-0.05, 0) is 73.5 Å². The third-order valence-corrected chi connectivity index (χ3v) is 9.37. The number of benzene rings is 5. The zero-order valence-corrected chi connectivity index (χ0v) is 25.6. The van der Waals surface area contributed by atoms with Crippen molar-refractivity contribution in [2.45, 2.75) is 18.7 Å². The molecule has 220 valence electrons. The Kier molecular flexibility index (Phi) is 7.98. The number of carbonyl (C=O) groups excluding carboxylic acids is 1. The molecule has 0 spiro atoms. The number of nitroso groups, excluding NO2 is 1. The third kappa shape index (κ3) is 5.37. The summed E-state index contributed by atoms with van der Waals surface area (Å²) in [5, 5.41) is 13.4. The molecule has 0 bridgehead atoms. The van der Waals surface area contributed by atoms with Gasteiger partial charge in [-0.15, -0.1) is 4.91 Å². The molecule has 0 aliphatic rings. The number of nitrogens with zero attached hydrogens (tertiary/aromatic N) is 3. The summed E-state index contributed by atoms with van der Waals surface area (Å²) in [7, 11) is -1.77. The molecule has 5 aromatic carbocycles. The average Bonchev–Trinajstić information content (AvgIpc) is 3.38. The van der Waals surface area contributed by atoms with Gasteiger partial charge in [0.2, 0.25) is 0 Å². The van der Waals surface area contributed by atoms with Crippen molar-refractivity contribution in [3.8, 4) is 39.6 Å². The lowest BCUT2D eigenvalue weighted by atomic mass is 9.92. The fourth-order valence-corrected chi connectivity index (χ4v) is 7.06. The zero-order valence-electron chi connectivity index (χ0n) is 24.0. The number of rotatable bonds is 6. The van der Waals surface area contributed by atoms with Gasteiger partial charge in [0, 0.05) is 43.4 Å². The molecule has 1 aromatic heterocycles. The molecule has 1 atom stereocenters. The largest absolute Gasteiger partial charge is 0.316 e. The minimum Gasteiger partial charge on any atom is -0.263 e. The predicted octanol–water partition coefficient (Wildman–Crippen LogP) is 9.40. The lowest BCUT2D eigenvalue weighted by Gasteiger charge is -2.15. The van der Waals surface area contributed by atoms with Crippen LogP contribution < -0.4 is 0 Å². The van der Waals surface area contributed by atoms with E-state index >= 15 is 0 Å². The minimum atomic E-state index is -1.77. The van der Waals surface area contributed by atoms with Crippen LogP contribution in [0.2, 0.25) is 5.02 Å². The SMILES string of the molecule is Cc1ccc(S(=O)n2c(-c3cccc(-c4ccc(C(=O)N=O)cc4Cl)c3)c(-c3cccc(C)c3C#N)c3cc(F)ccc32)cc1. The molecule has 0 fully saturated rings. The first-order valence-corrected chi connectivity index (χ1v) is 15.3. The third-order valence-electron chi connectivity index (χ3n) is 7.67. The highest BCUT2D eigenvalue weighted by Gasteiger charge is 2.27. The fraction of sp³-hybridized carbons (Fsp3) is 0.0556. The standard InChI is InChI=1S/C36H23ClFN3O3S/c1-21-9-13-27(14-10-21)45(44)41-33-16-12-26(38)19-30(33)34(29-8-3-5-22(2)31(29)20-39)35(41)24-7-4-6-23(17-24)28-15-11-25(18-32(28)37)36(42)40-43/h3-19H,1-2H3. The fourth-order valence-electron chi connectivity index (χ4n) is 5.50. The molecule has 1 unspecified atom stereocenters. The second-order valence-electron chi connectivity index (χ2n) is 10.5. The summed E-state index contributed by atoms with van der Waals surface area (Å²) < 4.78 is 31.1. The highest BCUT2D eigenvalue weighted by atomic mass is 35.5. The van der Waals surface area contributed by atoms with E-state index in [-0.39, 0.29) is 10.6 Å². The van der Waals surface area contributed by atoms with Crippen LogP contribution in [-0.2, 0) is 11.0 Å². The molecule has 6 aromatic rings. The Morgan fingerprint density at radius 3 is 2.33 bits per heavy atom. The number of halogens is 2. The highest BCUT2D eigenvalue weighted by molar-refractivity contribution is 7.83. The van der Waals surface area contributed by atoms with Crippen LogP contribution in [0.1, 0.15) is 27.0 Å². The van der Waals surface area contributed by atoms with Crippen molar-refractivity contribution in [1.29, 1.82) is 5.26 Å². The van der Waals surface area contributed by atoms with Crippen LogP contribution in [0.3, 0.4) is 0 Å². The predicted molar refractivity (Wildman–Crippen MR) is 176 cm³/mol. The number of hydrogen-bond acceptors (Lipinski definition) is 4. The van der Waals surface area contributed by atoms with Crippen molar-refractivity contribution in [3.63, 3.8) is 0 Å². The Balaban J connectivity index is 1.70. The van der Waals surface area contributed by atoms with Gasteiger partial charge in [-0.1, -0.05) is 71.8 Å². The van der Waals surface area contributed by atoms with Crippen molar-refractivity contribution in [2.24, 2.45) is 5.18 Å². The van der Waals surface area contributed by atoms with Crippen molar-refractivity contribution < 1.29 is 13.4 Å². The Morgan fingerprint density at radius 1 is 0.889 bits per heavy atom. The van der Waals surface area contributed by atoms with Crippen LogP contribution in [0, 0.1) is 35.9 Å². The van der Waals surface area contributed by atoms with E-state index in [0.29, 0.717) is 54.9 Å². The minimum absolute atomic E-state index is 0.0660. The highest BCUT2D eigenvalue weighted by Crippen LogP contribution is 2.45. The molecule has 0 saturated heterocycles. The van der Waals surface area contributed by atoms with Crippen molar-refractivity contribution in [2.75, 3.05) is 0 Å². The van der Waals surface area contributed by atoms with Crippen LogP contribution in [-0.4, -0.2) is 14.1 Å². The monoisotopic (exact) mass is 631 g/mol. The van der Waals surface area contributed by atoms with E-state index in [4.69, 9.17) is 11.6 Å². The normalized spacial score (nSPS) is 11.7. The van der Waals surface area contributed by atoms with Gasteiger partial charge < -0.3 is 0 Å². The van der Waals surface area contributed by atoms with Crippen LogP contribution in [0.15, 0.2) is 113 Å². The Morgan fingerprint density at radius 2 is 1.62 bits per heavy atom. The Labute approximate surface area is 265 Å². The van der Waals surface area contributed by atoms with Crippen molar-refractivity contribution in [3.05, 3.63) is 141 Å². The van der Waals surface area contributed by atoms with Crippen molar-refractivity contribution >= 4 is 39.4 Å². The van der Waals surface area contributed by atoms with E-state index < -0.39 is 22.7 Å². The van der Waals surface area contributed by atoms with Gasteiger partial charge in [-0.2, -0.15) is 5.26 Å². The van der Waals surface area contributed by atoms with E-state index in [9.17, 15) is 23.6 Å². The second kappa shape index (κ2) is 12.0. The van der Waals surface area contributed by atoms with Crippen LogP contribution in [0.25, 0.3) is 44.4 Å². The number of nitriles is 1. The van der Waals surface area contributed by atoms with Crippen LogP contribution >= 0.6 is 11.6 Å². The van der Waals surface area contributed by atoms with Crippen LogP contribution in [0.4, 0.5) is 4.39 Å². The average molecular weight is 632 g/mol. The summed E-state index contributed by atoms with van der Waals surface area (Å²) in [6.07, 6.45) is 0. The topological polar surface area (TPSA) is 92.3 Å². The van der Waals surface area contributed by atoms with Gasteiger partial charge in [0.05, 0.1) is 21.7 Å². The molecular formula is C36H23ClFN3O3S.